The van der Waals surface area contributed by atoms with Gasteiger partial charge in [-0.05, 0) is 28.8 Å². The van der Waals surface area contributed by atoms with Crippen LogP contribution in [0.25, 0.3) is 0 Å². The summed E-state index contributed by atoms with van der Waals surface area (Å²) in [5, 5.41) is 0. The van der Waals surface area contributed by atoms with Crippen molar-refractivity contribution < 1.29 is 9.59 Å². The van der Waals surface area contributed by atoms with Gasteiger partial charge >= 0.3 is 0 Å². The van der Waals surface area contributed by atoms with E-state index in [4.69, 9.17) is 0 Å². The largest absolute Gasteiger partial charge is 0.240 e. The lowest BCUT2D eigenvalue weighted by atomic mass is 9.84. The van der Waals surface area contributed by atoms with Gasteiger partial charge in [0, 0.05) is 5.92 Å². The molecule has 0 bridgehead atoms. The maximum atomic E-state index is 10.9. The fraction of sp³-hybridized carbons (Fsp3) is 0.0476. The molecule has 0 fully saturated rings. The molecule has 0 aliphatic rings. The minimum atomic E-state index is -0.108. The molecule has 0 heterocycles. The van der Waals surface area contributed by atoms with Gasteiger partial charge in [0.15, 0.2) is 0 Å². The van der Waals surface area contributed by atoms with E-state index in [2.05, 4.69) is 9.98 Å². The lowest BCUT2D eigenvalue weighted by Gasteiger charge is -2.20. The Hall–Kier alpha value is -3.58. The summed E-state index contributed by atoms with van der Waals surface area (Å²) >= 11 is 0. The second kappa shape index (κ2) is 7.80. The van der Waals surface area contributed by atoms with Crippen LogP contribution in [0.15, 0.2) is 88.8 Å². The third kappa shape index (κ3) is 3.67. The maximum Gasteiger partial charge on any atom is 0.240 e. The van der Waals surface area contributed by atoms with Gasteiger partial charge in [0.1, 0.15) is 0 Å². The molecular weight excluding hydrogens is 312 g/mol. The number of nitrogens with zero attached hydrogens (tertiary/aromatic N) is 2. The molecule has 120 valence electrons. The zero-order chi connectivity index (χ0) is 17.5. The molecule has 0 aliphatic heterocycles. The third-order valence-electron chi connectivity index (χ3n) is 3.93. The van der Waals surface area contributed by atoms with E-state index < -0.39 is 0 Å². The number of rotatable bonds is 5. The third-order valence-corrected chi connectivity index (χ3v) is 3.93. The van der Waals surface area contributed by atoms with E-state index >= 15 is 0 Å². The minimum Gasteiger partial charge on any atom is -0.211 e. The van der Waals surface area contributed by atoms with Crippen molar-refractivity contribution in [3.8, 4) is 0 Å². The first-order chi connectivity index (χ1) is 12.3. The molecule has 25 heavy (non-hydrogen) atoms. The summed E-state index contributed by atoms with van der Waals surface area (Å²) in [7, 11) is 0. The van der Waals surface area contributed by atoms with Crippen LogP contribution in [0.5, 0.6) is 0 Å². The number of isocyanates is 2. The molecule has 0 amide bonds. The lowest BCUT2D eigenvalue weighted by molar-refractivity contribution is 0.564. The topological polar surface area (TPSA) is 58.9 Å². The van der Waals surface area contributed by atoms with Crippen LogP contribution >= 0.6 is 0 Å². The van der Waals surface area contributed by atoms with Crippen molar-refractivity contribution >= 4 is 23.5 Å². The summed E-state index contributed by atoms with van der Waals surface area (Å²) in [6.45, 7) is 0. The van der Waals surface area contributed by atoms with Crippen molar-refractivity contribution in [1.82, 2.24) is 0 Å². The molecule has 3 aromatic carbocycles. The highest BCUT2D eigenvalue weighted by Gasteiger charge is 2.20. The summed E-state index contributed by atoms with van der Waals surface area (Å²) in [4.78, 5) is 28.8. The molecule has 0 aliphatic carbocycles. The molecular formula is C21H14N2O2. The van der Waals surface area contributed by atoms with E-state index in [0.717, 1.165) is 16.7 Å². The van der Waals surface area contributed by atoms with E-state index in [1.165, 1.54) is 6.08 Å². The van der Waals surface area contributed by atoms with Gasteiger partial charge in [-0.1, -0.05) is 66.7 Å². The van der Waals surface area contributed by atoms with Crippen LogP contribution in [0.3, 0.4) is 0 Å². The molecule has 0 unspecified atom stereocenters. The van der Waals surface area contributed by atoms with Gasteiger partial charge in [-0.3, -0.25) is 0 Å². The zero-order valence-corrected chi connectivity index (χ0v) is 13.3. The molecule has 0 spiro atoms. The highest BCUT2D eigenvalue weighted by atomic mass is 16.1. The first-order valence-electron chi connectivity index (χ1n) is 7.73. The maximum absolute atomic E-state index is 10.9. The van der Waals surface area contributed by atoms with E-state index in [1.54, 1.807) is 18.2 Å². The number of hydrogen-bond donors (Lipinski definition) is 0. The van der Waals surface area contributed by atoms with Crippen LogP contribution in [0.1, 0.15) is 22.6 Å². The minimum absolute atomic E-state index is 0.108. The Morgan fingerprint density at radius 2 is 1.24 bits per heavy atom. The van der Waals surface area contributed by atoms with Crippen LogP contribution in [0.4, 0.5) is 11.4 Å². The fourth-order valence-corrected chi connectivity index (χ4v) is 2.89. The smallest absolute Gasteiger partial charge is 0.211 e. The Kier molecular flexibility index (Phi) is 5.08. The molecule has 0 saturated heterocycles. The predicted molar refractivity (Wildman–Crippen MR) is 95.8 cm³/mol. The van der Waals surface area contributed by atoms with Crippen molar-refractivity contribution in [3.63, 3.8) is 0 Å². The Morgan fingerprint density at radius 3 is 1.76 bits per heavy atom. The van der Waals surface area contributed by atoms with Crippen LogP contribution in [0.2, 0.25) is 0 Å². The van der Waals surface area contributed by atoms with Crippen molar-refractivity contribution in [2.75, 3.05) is 0 Å². The average Bonchev–Trinajstić information content (AvgIpc) is 2.66. The van der Waals surface area contributed by atoms with Gasteiger partial charge in [0.05, 0.1) is 11.4 Å². The Balaban J connectivity index is 2.23. The summed E-state index contributed by atoms with van der Waals surface area (Å²) < 4.78 is 0. The lowest BCUT2D eigenvalue weighted by Crippen LogP contribution is -2.03. The Morgan fingerprint density at radius 1 is 0.680 bits per heavy atom. The number of benzene rings is 3. The van der Waals surface area contributed by atoms with E-state index in [1.807, 2.05) is 66.7 Å². The number of carbonyl (C=O) groups excluding carboxylic acids is 2. The van der Waals surface area contributed by atoms with Crippen molar-refractivity contribution in [1.29, 1.82) is 0 Å². The molecule has 0 aromatic heterocycles. The number of hydrogen-bond acceptors (Lipinski definition) is 4. The Labute approximate surface area is 145 Å². The first-order valence-corrected chi connectivity index (χ1v) is 7.73. The van der Waals surface area contributed by atoms with Crippen molar-refractivity contribution in [2.45, 2.75) is 5.92 Å². The molecule has 0 atom stereocenters. The van der Waals surface area contributed by atoms with Crippen LogP contribution in [0, 0.1) is 0 Å². The summed E-state index contributed by atoms with van der Waals surface area (Å²) in [5.74, 6) is -0.108. The highest BCUT2D eigenvalue weighted by molar-refractivity contribution is 5.65. The van der Waals surface area contributed by atoms with Gasteiger partial charge in [-0.2, -0.15) is 9.98 Å². The van der Waals surface area contributed by atoms with Crippen LogP contribution in [-0.2, 0) is 9.59 Å². The summed E-state index contributed by atoms with van der Waals surface area (Å²) in [6.07, 6.45) is 3.09. The van der Waals surface area contributed by atoms with Crippen molar-refractivity contribution in [3.05, 3.63) is 95.6 Å². The second-order valence-electron chi connectivity index (χ2n) is 5.40. The summed E-state index contributed by atoms with van der Waals surface area (Å²) in [6, 6.07) is 25.1. The zero-order valence-electron chi connectivity index (χ0n) is 13.3. The van der Waals surface area contributed by atoms with Gasteiger partial charge in [-0.15, -0.1) is 0 Å². The number of aliphatic imine (C=N–C) groups is 2. The summed E-state index contributed by atoms with van der Waals surface area (Å²) in [5.41, 5.74) is 3.81. The second-order valence-corrected chi connectivity index (χ2v) is 5.40. The Bertz CT molecular complexity index is 916. The van der Waals surface area contributed by atoms with Crippen LogP contribution in [-0.4, -0.2) is 12.2 Å². The van der Waals surface area contributed by atoms with Gasteiger partial charge in [0.2, 0.25) is 12.2 Å². The van der Waals surface area contributed by atoms with Crippen LogP contribution < -0.4 is 0 Å². The molecule has 0 N–H and O–H groups in total. The average molecular weight is 326 g/mol. The molecule has 4 nitrogen and oxygen atoms in total. The van der Waals surface area contributed by atoms with Gasteiger partial charge in [0.25, 0.3) is 0 Å². The normalized spacial score (nSPS) is 9.96. The fourth-order valence-electron chi connectivity index (χ4n) is 2.89. The van der Waals surface area contributed by atoms with E-state index in [9.17, 15) is 9.59 Å². The molecule has 3 rings (SSSR count). The monoisotopic (exact) mass is 326 g/mol. The van der Waals surface area contributed by atoms with Crippen molar-refractivity contribution in [2.24, 2.45) is 9.98 Å². The molecule has 0 saturated carbocycles. The van der Waals surface area contributed by atoms with E-state index in [-0.39, 0.29) is 5.92 Å². The molecule has 4 heteroatoms. The predicted octanol–water partition coefficient (Wildman–Crippen LogP) is 4.80. The highest BCUT2D eigenvalue weighted by Crippen LogP contribution is 2.38. The standard InChI is InChI=1S/C21H14N2O2/c24-14-22-18-11-12-19(20(13-18)23-15-25)21(16-7-3-1-4-8-16)17-9-5-2-6-10-17/h1-13,21H. The molecule has 0 radical (unpaired) electrons. The van der Waals surface area contributed by atoms with Gasteiger partial charge < -0.3 is 0 Å². The first kappa shape index (κ1) is 16.3. The van der Waals surface area contributed by atoms with E-state index in [0.29, 0.717) is 11.4 Å². The van der Waals surface area contributed by atoms with Gasteiger partial charge in [-0.25, -0.2) is 9.59 Å². The quantitative estimate of drug-likeness (QED) is 0.384. The SMILES string of the molecule is O=C=Nc1ccc(C(c2ccccc2)c2ccccc2)c(N=C=O)c1. The molecule has 3 aromatic rings.